The lowest BCUT2D eigenvalue weighted by atomic mass is 9.86. The van der Waals surface area contributed by atoms with Crippen LogP contribution < -0.4 is 4.90 Å². The third-order valence-electron chi connectivity index (χ3n) is 5.06. The van der Waals surface area contributed by atoms with Gasteiger partial charge in [0, 0.05) is 25.7 Å². The smallest absolute Gasteiger partial charge is 0.225 e. The number of aromatic nitrogens is 2. The quantitative estimate of drug-likeness (QED) is 0.854. The molecule has 2 aromatic rings. The van der Waals surface area contributed by atoms with E-state index >= 15 is 0 Å². The molecule has 25 heavy (non-hydrogen) atoms. The van der Waals surface area contributed by atoms with E-state index in [2.05, 4.69) is 34.2 Å². The van der Waals surface area contributed by atoms with Crippen LogP contribution in [0.4, 0.5) is 5.95 Å². The van der Waals surface area contributed by atoms with Gasteiger partial charge in [-0.05, 0) is 37.2 Å². The average Bonchev–Trinajstić information content (AvgIpc) is 2.67. The molecule has 0 bridgehead atoms. The van der Waals surface area contributed by atoms with Crippen LogP contribution in [0.25, 0.3) is 6.08 Å². The number of piperidine rings is 1. The molecule has 4 rings (SSSR count). The Hall–Kier alpha value is -2.49. The van der Waals surface area contributed by atoms with Crippen molar-refractivity contribution in [2.45, 2.75) is 32.1 Å². The SMILES string of the molecule is O=C1C[C@H](/C=C/c2ccccc2)Cc2nc(N3CCCCC3)ncc21. The number of allylic oxidation sites excluding steroid dienone is 1. The normalized spacial score (nSPS) is 20.7. The number of fused-ring (bicyclic) bond motifs is 1. The van der Waals surface area contributed by atoms with Gasteiger partial charge >= 0.3 is 0 Å². The van der Waals surface area contributed by atoms with Gasteiger partial charge in [-0.15, -0.1) is 0 Å². The second-order valence-corrected chi connectivity index (χ2v) is 6.94. The Balaban J connectivity index is 1.54. The number of anilines is 1. The molecule has 1 aliphatic heterocycles. The van der Waals surface area contributed by atoms with Crippen molar-refractivity contribution in [1.82, 2.24) is 9.97 Å². The van der Waals surface area contributed by atoms with Crippen molar-refractivity contribution in [1.29, 1.82) is 0 Å². The van der Waals surface area contributed by atoms with Gasteiger partial charge in [-0.3, -0.25) is 4.79 Å². The van der Waals surface area contributed by atoms with Gasteiger partial charge in [-0.1, -0.05) is 42.5 Å². The summed E-state index contributed by atoms with van der Waals surface area (Å²) in [5.41, 5.74) is 2.79. The number of ketones is 1. The number of hydrogen-bond donors (Lipinski definition) is 0. The van der Waals surface area contributed by atoms with Crippen molar-refractivity contribution in [3.8, 4) is 0 Å². The van der Waals surface area contributed by atoms with Crippen LogP contribution in [-0.4, -0.2) is 28.8 Å². The minimum absolute atomic E-state index is 0.161. The molecule has 2 heterocycles. The molecule has 4 heteroatoms. The molecule has 0 saturated carbocycles. The maximum atomic E-state index is 12.5. The van der Waals surface area contributed by atoms with E-state index < -0.39 is 0 Å². The largest absolute Gasteiger partial charge is 0.341 e. The van der Waals surface area contributed by atoms with Crippen LogP contribution in [0.1, 0.15) is 47.3 Å². The lowest BCUT2D eigenvalue weighted by Gasteiger charge is -2.28. The second kappa shape index (κ2) is 7.18. The van der Waals surface area contributed by atoms with E-state index in [9.17, 15) is 4.79 Å². The van der Waals surface area contributed by atoms with E-state index in [1.807, 2.05) is 18.2 Å². The molecule has 2 aliphatic rings. The van der Waals surface area contributed by atoms with E-state index in [0.717, 1.165) is 36.7 Å². The second-order valence-electron chi connectivity index (χ2n) is 6.94. The Bertz CT molecular complexity index is 779. The fourth-order valence-corrected chi connectivity index (χ4v) is 3.66. The molecule has 128 valence electrons. The van der Waals surface area contributed by atoms with Crippen molar-refractivity contribution in [2.24, 2.45) is 5.92 Å². The Kier molecular flexibility index (Phi) is 4.59. The van der Waals surface area contributed by atoms with Gasteiger partial charge in [0.15, 0.2) is 5.78 Å². The number of nitrogens with zero attached hydrogens (tertiary/aromatic N) is 3. The van der Waals surface area contributed by atoms with Gasteiger partial charge in [0.05, 0.1) is 11.3 Å². The van der Waals surface area contributed by atoms with Crippen molar-refractivity contribution in [2.75, 3.05) is 18.0 Å². The Morgan fingerprint density at radius 1 is 1.04 bits per heavy atom. The average molecular weight is 333 g/mol. The van der Waals surface area contributed by atoms with Crippen molar-refractivity contribution >= 4 is 17.8 Å². The lowest BCUT2D eigenvalue weighted by Crippen LogP contribution is -2.32. The number of hydrogen-bond acceptors (Lipinski definition) is 4. The van der Waals surface area contributed by atoms with Crippen molar-refractivity contribution in [3.05, 3.63) is 59.4 Å². The molecule has 1 saturated heterocycles. The third-order valence-corrected chi connectivity index (χ3v) is 5.06. The standard InChI is InChI=1S/C21H23N3O/c25-20-14-17(10-9-16-7-3-1-4-8-16)13-19-18(20)15-22-21(23-19)24-11-5-2-6-12-24/h1,3-4,7-10,15,17H,2,5-6,11-14H2/b10-9+/t17-/m1/s1. The number of carbonyl (C=O) groups is 1. The molecule has 0 amide bonds. The summed E-state index contributed by atoms with van der Waals surface area (Å²) in [4.78, 5) is 23.9. The molecule has 1 aromatic heterocycles. The molecule has 1 fully saturated rings. The van der Waals surface area contributed by atoms with Gasteiger partial charge in [0.25, 0.3) is 0 Å². The predicted octanol–water partition coefficient (Wildman–Crippen LogP) is 3.93. The summed E-state index contributed by atoms with van der Waals surface area (Å²) >= 11 is 0. The van der Waals surface area contributed by atoms with E-state index in [-0.39, 0.29) is 11.7 Å². The van der Waals surface area contributed by atoms with Crippen LogP contribution in [0.5, 0.6) is 0 Å². The van der Waals surface area contributed by atoms with Gasteiger partial charge in [0.2, 0.25) is 5.95 Å². The van der Waals surface area contributed by atoms with Crippen LogP contribution in [0.2, 0.25) is 0 Å². The monoisotopic (exact) mass is 333 g/mol. The first-order valence-corrected chi connectivity index (χ1v) is 9.17. The zero-order chi connectivity index (χ0) is 17.1. The zero-order valence-corrected chi connectivity index (χ0v) is 14.4. The molecular formula is C21H23N3O. The van der Waals surface area contributed by atoms with E-state index in [1.165, 1.54) is 19.3 Å². The van der Waals surface area contributed by atoms with Gasteiger partial charge in [-0.2, -0.15) is 0 Å². The zero-order valence-electron chi connectivity index (χ0n) is 14.4. The summed E-state index contributed by atoms with van der Waals surface area (Å²) in [6.07, 6.45) is 11.0. The summed E-state index contributed by atoms with van der Waals surface area (Å²) in [6.45, 7) is 2.04. The fraction of sp³-hybridized carbons (Fsp3) is 0.381. The van der Waals surface area contributed by atoms with E-state index in [0.29, 0.717) is 12.0 Å². The van der Waals surface area contributed by atoms with E-state index in [1.54, 1.807) is 6.20 Å². The van der Waals surface area contributed by atoms with Gasteiger partial charge < -0.3 is 4.90 Å². The summed E-state index contributed by atoms with van der Waals surface area (Å²) in [7, 11) is 0. The van der Waals surface area contributed by atoms with Gasteiger partial charge in [-0.25, -0.2) is 9.97 Å². The highest BCUT2D eigenvalue weighted by molar-refractivity contribution is 5.98. The van der Waals surface area contributed by atoms with Crippen LogP contribution in [-0.2, 0) is 6.42 Å². The molecule has 1 atom stereocenters. The number of Topliss-reactive ketones (excluding diaryl/α,β-unsaturated/α-hetero) is 1. The fourth-order valence-electron chi connectivity index (χ4n) is 3.66. The van der Waals surface area contributed by atoms with Crippen LogP contribution in [0.3, 0.4) is 0 Å². The Morgan fingerprint density at radius 3 is 2.64 bits per heavy atom. The highest BCUT2D eigenvalue weighted by atomic mass is 16.1. The third kappa shape index (κ3) is 3.63. The van der Waals surface area contributed by atoms with Crippen LogP contribution in [0, 0.1) is 5.92 Å². The number of carbonyl (C=O) groups excluding carboxylic acids is 1. The molecule has 0 spiro atoms. The summed E-state index contributed by atoms with van der Waals surface area (Å²) in [5, 5.41) is 0. The lowest BCUT2D eigenvalue weighted by molar-refractivity contribution is 0.0957. The van der Waals surface area contributed by atoms with Gasteiger partial charge in [0.1, 0.15) is 0 Å². The van der Waals surface area contributed by atoms with Crippen LogP contribution in [0.15, 0.2) is 42.6 Å². The minimum atomic E-state index is 0.161. The van der Waals surface area contributed by atoms with Crippen molar-refractivity contribution < 1.29 is 4.79 Å². The highest BCUT2D eigenvalue weighted by Crippen LogP contribution is 2.27. The maximum Gasteiger partial charge on any atom is 0.225 e. The molecule has 4 nitrogen and oxygen atoms in total. The summed E-state index contributed by atoms with van der Waals surface area (Å²) < 4.78 is 0. The first-order valence-electron chi connectivity index (χ1n) is 9.17. The Morgan fingerprint density at radius 2 is 1.84 bits per heavy atom. The number of benzene rings is 1. The molecule has 1 aromatic carbocycles. The topological polar surface area (TPSA) is 46.1 Å². The molecular weight excluding hydrogens is 310 g/mol. The Labute approximate surface area is 148 Å². The summed E-state index contributed by atoms with van der Waals surface area (Å²) in [5.74, 6) is 1.16. The highest BCUT2D eigenvalue weighted by Gasteiger charge is 2.26. The minimum Gasteiger partial charge on any atom is -0.341 e. The first-order chi connectivity index (χ1) is 12.3. The summed E-state index contributed by atoms with van der Waals surface area (Å²) in [6, 6.07) is 10.2. The molecule has 0 radical (unpaired) electrons. The maximum absolute atomic E-state index is 12.5. The van der Waals surface area contributed by atoms with E-state index in [4.69, 9.17) is 4.98 Å². The number of rotatable bonds is 3. The first kappa shape index (κ1) is 16.0. The van der Waals surface area contributed by atoms with Crippen LogP contribution >= 0.6 is 0 Å². The molecule has 0 N–H and O–H groups in total. The molecule has 0 unspecified atom stereocenters. The predicted molar refractivity (Wildman–Crippen MR) is 99.7 cm³/mol. The van der Waals surface area contributed by atoms with Crippen molar-refractivity contribution in [3.63, 3.8) is 0 Å². The molecule has 1 aliphatic carbocycles.